The molecule has 0 spiro atoms. The average molecular weight is 260 g/mol. The van der Waals surface area contributed by atoms with E-state index in [1.807, 2.05) is 0 Å². The van der Waals surface area contributed by atoms with E-state index in [-0.39, 0.29) is 11.3 Å². The lowest BCUT2D eigenvalue weighted by Crippen LogP contribution is -2.61. The van der Waals surface area contributed by atoms with Crippen LogP contribution >= 0.6 is 0 Å². The van der Waals surface area contributed by atoms with Crippen LogP contribution in [-0.4, -0.2) is 41.5 Å². The first-order valence-electron chi connectivity index (χ1n) is 6.50. The molecule has 2 aliphatic rings. The van der Waals surface area contributed by atoms with Crippen LogP contribution in [0.2, 0.25) is 0 Å². The van der Waals surface area contributed by atoms with Crippen molar-refractivity contribution in [2.24, 2.45) is 5.92 Å². The minimum atomic E-state index is -2.71. The molecule has 0 radical (unpaired) electrons. The molecule has 0 N–H and O–H groups in total. The van der Waals surface area contributed by atoms with Crippen molar-refractivity contribution in [2.45, 2.75) is 50.4 Å². The van der Waals surface area contributed by atoms with Crippen LogP contribution in [0.15, 0.2) is 0 Å². The van der Waals surface area contributed by atoms with Crippen LogP contribution in [0.4, 0.5) is 0 Å². The van der Waals surface area contributed by atoms with E-state index in [0.29, 0.717) is 5.92 Å². The van der Waals surface area contributed by atoms with Crippen molar-refractivity contribution in [3.05, 3.63) is 0 Å². The predicted molar refractivity (Wildman–Crippen MR) is 66.6 cm³/mol. The Hall–Kier alpha value is 0.0569. The van der Waals surface area contributed by atoms with Gasteiger partial charge in [0.25, 0.3) is 0 Å². The normalized spacial score (nSPS) is 34.9. The molecular formula is C12H24O4Si. The number of hydrogen-bond donors (Lipinski definition) is 0. The lowest BCUT2D eigenvalue weighted by atomic mass is 9.85. The summed E-state index contributed by atoms with van der Waals surface area (Å²) in [5.41, 5.74) is 0. The van der Waals surface area contributed by atoms with Crippen LogP contribution in [0.25, 0.3) is 0 Å². The highest BCUT2D eigenvalue weighted by Gasteiger charge is 2.77. The molecule has 4 nitrogen and oxygen atoms in total. The Morgan fingerprint density at radius 2 is 1.47 bits per heavy atom. The maximum absolute atomic E-state index is 5.97. The van der Waals surface area contributed by atoms with E-state index in [4.69, 9.17) is 18.0 Å². The van der Waals surface area contributed by atoms with Gasteiger partial charge in [-0.1, -0.05) is 19.3 Å². The Bertz CT molecular complexity index is 255. The van der Waals surface area contributed by atoms with Gasteiger partial charge in [0, 0.05) is 21.3 Å². The number of hydrogen-bond acceptors (Lipinski definition) is 4. The zero-order valence-corrected chi connectivity index (χ0v) is 12.3. The van der Waals surface area contributed by atoms with Crippen molar-refractivity contribution >= 4 is 8.80 Å². The second kappa shape index (κ2) is 4.97. The molecule has 2 rings (SSSR count). The Labute approximate surface area is 105 Å². The maximum Gasteiger partial charge on any atom is 0.537 e. The van der Waals surface area contributed by atoms with Gasteiger partial charge in [0.1, 0.15) is 0 Å². The summed E-state index contributed by atoms with van der Waals surface area (Å²) in [5.74, 6) is 0.526. The third kappa shape index (κ3) is 1.88. The highest BCUT2D eigenvalue weighted by Crippen LogP contribution is 2.54. The molecule has 0 aromatic heterocycles. The van der Waals surface area contributed by atoms with E-state index in [1.165, 1.54) is 32.1 Å². The fourth-order valence-electron chi connectivity index (χ4n) is 3.52. The van der Waals surface area contributed by atoms with Crippen molar-refractivity contribution < 1.29 is 18.0 Å². The third-order valence-electron chi connectivity index (χ3n) is 4.41. The zero-order valence-electron chi connectivity index (χ0n) is 11.3. The summed E-state index contributed by atoms with van der Waals surface area (Å²) in [7, 11) is 2.33. The quantitative estimate of drug-likeness (QED) is 0.561. The van der Waals surface area contributed by atoms with Gasteiger partial charge < -0.3 is 18.0 Å². The highest BCUT2D eigenvalue weighted by molar-refractivity contribution is 6.65. The van der Waals surface area contributed by atoms with E-state index in [0.717, 1.165) is 0 Å². The lowest BCUT2D eigenvalue weighted by molar-refractivity contribution is 0.0617. The molecule has 5 heteroatoms. The predicted octanol–water partition coefficient (Wildman–Crippen LogP) is 2.14. The molecule has 17 heavy (non-hydrogen) atoms. The summed E-state index contributed by atoms with van der Waals surface area (Å²) in [6.07, 6.45) is 6.50. The molecule has 0 aromatic carbocycles. The van der Waals surface area contributed by atoms with Gasteiger partial charge in [-0.2, -0.15) is 0 Å². The number of rotatable bonds is 5. The molecule has 1 aliphatic heterocycles. The van der Waals surface area contributed by atoms with Gasteiger partial charge in [-0.05, 0) is 25.7 Å². The number of epoxide rings is 1. The van der Waals surface area contributed by atoms with E-state index < -0.39 is 8.80 Å². The minimum absolute atomic E-state index is 0.192. The maximum atomic E-state index is 5.97. The fourth-order valence-corrected chi connectivity index (χ4v) is 6.58. The molecule has 0 aromatic rings. The van der Waals surface area contributed by atoms with Crippen LogP contribution in [0, 0.1) is 5.92 Å². The SMILES string of the molecule is CO[Si](OC)(OC)C1(C2CCCCC2)OC1C. The first kappa shape index (κ1) is 13.5. The van der Waals surface area contributed by atoms with Crippen LogP contribution in [-0.2, 0) is 18.0 Å². The van der Waals surface area contributed by atoms with Crippen molar-refractivity contribution in [3.8, 4) is 0 Å². The third-order valence-corrected chi connectivity index (χ3v) is 7.92. The van der Waals surface area contributed by atoms with Crippen LogP contribution < -0.4 is 0 Å². The minimum Gasteiger partial charge on any atom is -0.375 e. The van der Waals surface area contributed by atoms with Gasteiger partial charge in [-0.15, -0.1) is 0 Å². The van der Waals surface area contributed by atoms with Gasteiger partial charge in [0.2, 0.25) is 0 Å². The van der Waals surface area contributed by atoms with Crippen LogP contribution in [0.5, 0.6) is 0 Å². The monoisotopic (exact) mass is 260 g/mol. The first-order chi connectivity index (χ1) is 8.16. The molecular weight excluding hydrogens is 236 g/mol. The summed E-state index contributed by atoms with van der Waals surface area (Å²) in [6.45, 7) is 2.10. The van der Waals surface area contributed by atoms with Crippen LogP contribution in [0.3, 0.4) is 0 Å². The summed E-state index contributed by atoms with van der Waals surface area (Å²) >= 11 is 0. The van der Waals surface area contributed by atoms with E-state index >= 15 is 0 Å². The van der Waals surface area contributed by atoms with Crippen molar-refractivity contribution in [1.82, 2.24) is 0 Å². The van der Waals surface area contributed by atoms with Gasteiger partial charge in [-0.3, -0.25) is 0 Å². The number of ether oxygens (including phenoxy) is 1. The summed E-state index contributed by atoms with van der Waals surface area (Å²) in [6, 6.07) is 0. The summed E-state index contributed by atoms with van der Waals surface area (Å²) in [5, 5.41) is -0.286. The Morgan fingerprint density at radius 1 is 1.00 bits per heavy atom. The smallest absolute Gasteiger partial charge is 0.375 e. The topological polar surface area (TPSA) is 40.2 Å². The standard InChI is InChI=1S/C12H24O4Si/c1-10-12(16-10,11-8-6-5-7-9-11)17(13-2,14-3)15-4/h10-11H,5-9H2,1-4H3. The van der Waals surface area contributed by atoms with Crippen LogP contribution in [0.1, 0.15) is 39.0 Å². The Balaban J connectivity index is 2.23. The highest BCUT2D eigenvalue weighted by atomic mass is 28.4. The second-order valence-electron chi connectivity index (χ2n) is 5.06. The Morgan fingerprint density at radius 3 is 1.82 bits per heavy atom. The van der Waals surface area contributed by atoms with E-state index in [1.54, 1.807) is 21.3 Å². The molecule has 2 atom stereocenters. The molecule has 1 saturated heterocycles. The van der Waals surface area contributed by atoms with Crippen molar-refractivity contribution in [3.63, 3.8) is 0 Å². The Kier molecular flexibility index (Phi) is 3.95. The molecule has 0 bridgehead atoms. The molecule has 2 unspecified atom stereocenters. The summed E-state index contributed by atoms with van der Waals surface area (Å²) in [4.78, 5) is 0. The molecule has 1 aliphatic carbocycles. The second-order valence-corrected chi connectivity index (χ2v) is 8.18. The largest absolute Gasteiger partial charge is 0.537 e. The van der Waals surface area contributed by atoms with E-state index in [9.17, 15) is 0 Å². The van der Waals surface area contributed by atoms with Crippen molar-refractivity contribution in [2.75, 3.05) is 21.3 Å². The average Bonchev–Trinajstić information content (AvgIpc) is 3.07. The van der Waals surface area contributed by atoms with Gasteiger partial charge in [0.05, 0.1) is 6.10 Å². The van der Waals surface area contributed by atoms with Gasteiger partial charge in [-0.25, -0.2) is 0 Å². The fraction of sp³-hybridized carbons (Fsp3) is 1.00. The molecule has 1 saturated carbocycles. The van der Waals surface area contributed by atoms with Gasteiger partial charge in [0.15, 0.2) is 5.22 Å². The van der Waals surface area contributed by atoms with Crippen molar-refractivity contribution in [1.29, 1.82) is 0 Å². The molecule has 2 fully saturated rings. The first-order valence-corrected chi connectivity index (χ1v) is 8.22. The van der Waals surface area contributed by atoms with E-state index in [2.05, 4.69) is 6.92 Å². The van der Waals surface area contributed by atoms with Gasteiger partial charge >= 0.3 is 8.80 Å². The molecule has 100 valence electrons. The molecule has 1 heterocycles. The lowest BCUT2D eigenvalue weighted by Gasteiger charge is -2.37. The summed E-state index contributed by atoms with van der Waals surface area (Å²) < 4.78 is 22.9. The molecule has 0 amide bonds. The zero-order chi connectivity index (χ0) is 12.5.